The van der Waals surface area contributed by atoms with Gasteiger partial charge in [-0.25, -0.2) is 4.39 Å². The van der Waals surface area contributed by atoms with Gasteiger partial charge in [-0.15, -0.1) is 0 Å². The monoisotopic (exact) mass is 382 g/mol. The Hall–Kier alpha value is -2.44. The van der Waals surface area contributed by atoms with Gasteiger partial charge >= 0.3 is 0 Å². The molecular weight excluding hydrogens is 355 g/mol. The lowest BCUT2D eigenvalue weighted by molar-refractivity contribution is 0.0930. The van der Waals surface area contributed by atoms with Crippen molar-refractivity contribution in [3.05, 3.63) is 65.0 Å². The molecule has 4 rings (SSSR count). The molecule has 2 aromatic rings. The summed E-state index contributed by atoms with van der Waals surface area (Å²) in [7, 11) is 0. The summed E-state index contributed by atoms with van der Waals surface area (Å²) in [6, 6.07) is 12.7. The summed E-state index contributed by atoms with van der Waals surface area (Å²) in [5, 5.41) is 6.34. The van der Waals surface area contributed by atoms with Crippen LogP contribution in [0.3, 0.4) is 0 Å². The van der Waals surface area contributed by atoms with Crippen molar-refractivity contribution in [2.24, 2.45) is 0 Å². The zero-order valence-corrected chi connectivity index (χ0v) is 16.1. The molecule has 1 amide bonds. The first kappa shape index (κ1) is 18.9. The van der Waals surface area contributed by atoms with Gasteiger partial charge in [0.1, 0.15) is 5.82 Å². The smallest absolute Gasteiger partial charge is 0.254 e. The van der Waals surface area contributed by atoms with Crippen LogP contribution in [-0.2, 0) is 13.0 Å². The highest BCUT2D eigenvalue weighted by atomic mass is 19.1. The number of carbonyl (C=O) groups excluding carboxylic acids is 1. The van der Waals surface area contributed by atoms with Crippen molar-refractivity contribution in [2.75, 3.05) is 51.1 Å². The van der Waals surface area contributed by atoms with E-state index in [4.69, 9.17) is 0 Å². The number of anilines is 1. The SMILES string of the molecule is O=C(NCCN1CCN(Cc2cccc3c2NCC3)CC1)c1ccccc1F. The molecule has 1 saturated heterocycles. The number of benzene rings is 2. The molecule has 6 heteroatoms. The van der Waals surface area contributed by atoms with Crippen molar-refractivity contribution >= 4 is 11.6 Å². The van der Waals surface area contributed by atoms with Crippen LogP contribution in [0.2, 0.25) is 0 Å². The van der Waals surface area contributed by atoms with Crippen LogP contribution in [0.4, 0.5) is 10.1 Å². The molecule has 0 spiro atoms. The molecule has 0 bridgehead atoms. The van der Waals surface area contributed by atoms with Gasteiger partial charge in [0, 0.05) is 58.0 Å². The van der Waals surface area contributed by atoms with Gasteiger partial charge in [-0.2, -0.15) is 0 Å². The van der Waals surface area contributed by atoms with Gasteiger partial charge in [-0.05, 0) is 29.7 Å². The zero-order valence-electron chi connectivity index (χ0n) is 16.1. The van der Waals surface area contributed by atoms with Crippen LogP contribution in [0, 0.1) is 5.82 Å². The van der Waals surface area contributed by atoms with Gasteiger partial charge in [0.2, 0.25) is 0 Å². The molecule has 148 valence electrons. The zero-order chi connectivity index (χ0) is 19.3. The number of carbonyl (C=O) groups is 1. The topological polar surface area (TPSA) is 47.6 Å². The summed E-state index contributed by atoms with van der Waals surface area (Å²) in [6.07, 6.45) is 1.12. The largest absolute Gasteiger partial charge is 0.384 e. The number of rotatable bonds is 6. The van der Waals surface area contributed by atoms with Crippen LogP contribution < -0.4 is 10.6 Å². The third-order valence-electron chi connectivity index (χ3n) is 5.62. The fourth-order valence-electron chi connectivity index (χ4n) is 4.02. The number of amides is 1. The van der Waals surface area contributed by atoms with Gasteiger partial charge in [0.25, 0.3) is 5.91 Å². The van der Waals surface area contributed by atoms with E-state index in [1.165, 1.54) is 28.9 Å². The number of halogens is 1. The number of nitrogens with one attached hydrogen (secondary N) is 2. The number of nitrogens with zero attached hydrogens (tertiary/aromatic N) is 2. The van der Waals surface area contributed by atoms with Crippen molar-refractivity contribution in [3.8, 4) is 0 Å². The van der Waals surface area contributed by atoms with E-state index in [1.54, 1.807) is 12.1 Å². The van der Waals surface area contributed by atoms with Crippen molar-refractivity contribution < 1.29 is 9.18 Å². The molecule has 0 unspecified atom stereocenters. The molecular formula is C22H27FN4O. The van der Waals surface area contributed by atoms with E-state index in [1.807, 2.05) is 0 Å². The van der Waals surface area contributed by atoms with Crippen LogP contribution >= 0.6 is 0 Å². The third kappa shape index (κ3) is 4.34. The standard InChI is InChI=1S/C22H27FN4O/c23-20-7-2-1-6-19(20)22(28)25-10-11-26-12-14-27(15-13-26)16-18-5-3-4-17-8-9-24-21(17)18/h1-7,24H,8-16H2,(H,25,28). The number of hydrogen-bond acceptors (Lipinski definition) is 4. The average Bonchev–Trinajstić information content (AvgIpc) is 3.19. The molecule has 0 aromatic heterocycles. The maximum atomic E-state index is 13.6. The van der Waals surface area contributed by atoms with Crippen LogP contribution in [0.5, 0.6) is 0 Å². The predicted octanol–water partition coefficient (Wildman–Crippen LogP) is 2.34. The normalized spacial score (nSPS) is 17.2. The van der Waals surface area contributed by atoms with Crippen LogP contribution in [0.1, 0.15) is 21.5 Å². The van der Waals surface area contributed by atoms with E-state index in [9.17, 15) is 9.18 Å². The first-order valence-electron chi connectivity index (χ1n) is 10.0. The van der Waals surface area contributed by atoms with Crippen LogP contribution in [0.15, 0.2) is 42.5 Å². The van der Waals surface area contributed by atoms with E-state index >= 15 is 0 Å². The molecule has 2 aliphatic heterocycles. The quantitative estimate of drug-likeness (QED) is 0.805. The van der Waals surface area contributed by atoms with Crippen molar-refractivity contribution in [2.45, 2.75) is 13.0 Å². The summed E-state index contributed by atoms with van der Waals surface area (Å²) in [5.74, 6) is -0.822. The Bertz CT molecular complexity index is 833. The Morgan fingerprint density at radius 3 is 2.64 bits per heavy atom. The van der Waals surface area contributed by atoms with Crippen LogP contribution in [0.25, 0.3) is 0 Å². The summed E-state index contributed by atoms with van der Waals surface area (Å²) in [5.41, 5.74) is 4.26. The summed E-state index contributed by atoms with van der Waals surface area (Å²) < 4.78 is 13.6. The van der Waals surface area contributed by atoms with Gasteiger partial charge in [-0.1, -0.05) is 30.3 Å². The number of hydrogen-bond donors (Lipinski definition) is 2. The Labute approximate surface area is 165 Å². The Balaban J connectivity index is 1.20. The molecule has 5 nitrogen and oxygen atoms in total. The Morgan fingerprint density at radius 2 is 1.82 bits per heavy atom. The molecule has 2 aliphatic rings. The molecule has 1 fully saturated rings. The van der Waals surface area contributed by atoms with Crippen molar-refractivity contribution in [1.29, 1.82) is 0 Å². The average molecular weight is 382 g/mol. The minimum Gasteiger partial charge on any atom is -0.384 e. The fraction of sp³-hybridized carbons (Fsp3) is 0.409. The molecule has 0 radical (unpaired) electrons. The second-order valence-electron chi connectivity index (χ2n) is 7.48. The van der Waals surface area contributed by atoms with Gasteiger partial charge in [-0.3, -0.25) is 14.6 Å². The Morgan fingerprint density at radius 1 is 1.04 bits per heavy atom. The van der Waals surface area contributed by atoms with E-state index in [-0.39, 0.29) is 11.5 Å². The number of para-hydroxylation sites is 1. The second kappa shape index (κ2) is 8.71. The maximum Gasteiger partial charge on any atom is 0.254 e. The fourth-order valence-corrected chi connectivity index (χ4v) is 4.02. The van der Waals surface area contributed by atoms with Gasteiger partial charge in [0.15, 0.2) is 0 Å². The minimum absolute atomic E-state index is 0.108. The molecule has 0 saturated carbocycles. The van der Waals surface area contributed by atoms with Crippen molar-refractivity contribution in [3.63, 3.8) is 0 Å². The van der Waals surface area contributed by atoms with Gasteiger partial charge < -0.3 is 10.6 Å². The highest BCUT2D eigenvalue weighted by molar-refractivity contribution is 5.94. The number of fused-ring (bicyclic) bond motifs is 1. The van der Waals surface area contributed by atoms with E-state index < -0.39 is 5.82 Å². The number of piperazine rings is 1. The van der Waals surface area contributed by atoms with E-state index in [0.29, 0.717) is 6.54 Å². The van der Waals surface area contributed by atoms with Gasteiger partial charge in [0.05, 0.1) is 5.56 Å². The summed E-state index contributed by atoms with van der Waals surface area (Å²) in [4.78, 5) is 16.9. The highest BCUT2D eigenvalue weighted by Gasteiger charge is 2.20. The molecule has 2 heterocycles. The Kier molecular flexibility index (Phi) is 5.88. The molecule has 2 N–H and O–H groups in total. The lowest BCUT2D eigenvalue weighted by Gasteiger charge is -2.35. The summed E-state index contributed by atoms with van der Waals surface area (Å²) in [6.45, 7) is 7.35. The minimum atomic E-state index is -0.476. The second-order valence-corrected chi connectivity index (χ2v) is 7.48. The first-order valence-corrected chi connectivity index (χ1v) is 10.0. The molecule has 0 aliphatic carbocycles. The molecule has 2 aromatic carbocycles. The summed E-state index contributed by atoms with van der Waals surface area (Å²) >= 11 is 0. The molecule has 28 heavy (non-hydrogen) atoms. The highest BCUT2D eigenvalue weighted by Crippen LogP contribution is 2.27. The van der Waals surface area contributed by atoms with E-state index in [2.05, 4.69) is 38.6 Å². The maximum absolute atomic E-state index is 13.6. The first-order chi connectivity index (χ1) is 13.7. The lowest BCUT2D eigenvalue weighted by atomic mass is 10.1. The predicted molar refractivity (Wildman–Crippen MR) is 109 cm³/mol. The van der Waals surface area contributed by atoms with Crippen molar-refractivity contribution in [1.82, 2.24) is 15.1 Å². The van der Waals surface area contributed by atoms with E-state index in [0.717, 1.165) is 52.2 Å². The lowest BCUT2D eigenvalue weighted by Crippen LogP contribution is -2.48. The molecule has 0 atom stereocenters. The van der Waals surface area contributed by atoms with Crippen LogP contribution in [-0.4, -0.2) is 61.5 Å². The third-order valence-corrected chi connectivity index (χ3v) is 5.62.